The van der Waals surface area contributed by atoms with Crippen LogP contribution in [0.4, 0.5) is 5.13 Å². The summed E-state index contributed by atoms with van der Waals surface area (Å²) in [5.41, 5.74) is 0.291. The normalized spacial score (nSPS) is 20.0. The van der Waals surface area contributed by atoms with E-state index in [-0.39, 0.29) is 23.0 Å². The fourth-order valence-electron chi connectivity index (χ4n) is 1.78. The Kier molecular flexibility index (Phi) is 3.32. The molecule has 0 spiro atoms. The van der Waals surface area contributed by atoms with Crippen LogP contribution in [0.15, 0.2) is 0 Å². The van der Waals surface area contributed by atoms with Crippen molar-refractivity contribution in [1.29, 1.82) is 0 Å². The summed E-state index contributed by atoms with van der Waals surface area (Å²) >= 11 is 0.840. The molecule has 1 aliphatic rings. The van der Waals surface area contributed by atoms with Gasteiger partial charge in [-0.25, -0.2) is 23.3 Å². The summed E-state index contributed by atoms with van der Waals surface area (Å²) in [4.78, 5) is 27.8. The van der Waals surface area contributed by atoms with Gasteiger partial charge in [0.25, 0.3) is 0 Å². The van der Waals surface area contributed by atoms with Crippen molar-refractivity contribution in [2.45, 2.75) is 18.6 Å². The van der Waals surface area contributed by atoms with E-state index in [4.69, 9.17) is 10.2 Å². The van der Waals surface area contributed by atoms with Crippen molar-refractivity contribution >= 4 is 38.4 Å². The molecule has 1 aromatic rings. The number of carboxylic acids is 1. The van der Waals surface area contributed by atoms with Crippen LogP contribution in [0.2, 0.25) is 0 Å². The molecule has 19 heavy (non-hydrogen) atoms. The van der Waals surface area contributed by atoms with E-state index in [1.54, 1.807) is 0 Å². The number of aryl methyl sites for hydroxylation is 1. The molecule has 1 atom stereocenters. The van der Waals surface area contributed by atoms with E-state index in [0.29, 0.717) is 5.69 Å². The highest BCUT2D eigenvalue weighted by atomic mass is 32.2. The van der Waals surface area contributed by atoms with Crippen molar-refractivity contribution in [2.75, 3.05) is 11.4 Å². The Morgan fingerprint density at radius 2 is 2.21 bits per heavy atom. The van der Waals surface area contributed by atoms with E-state index in [2.05, 4.69) is 4.98 Å². The van der Waals surface area contributed by atoms with Gasteiger partial charge in [-0.15, -0.1) is 0 Å². The number of primary sulfonamides is 1. The standard InChI is InChI=1S/C9H11N3O5S2/c1-4-7(8(14)15)18-9(11-4)12-3-5(2-6(12)13)19(10,16)17/h5H,2-3H2,1H3,(H,14,15)(H2,10,16,17). The Labute approximate surface area is 112 Å². The number of aromatic nitrogens is 1. The Bertz CT molecular complexity index is 651. The third-order valence-corrected chi connectivity index (χ3v) is 5.18. The minimum absolute atomic E-state index is 0.0295. The van der Waals surface area contributed by atoms with E-state index >= 15 is 0 Å². The summed E-state index contributed by atoms with van der Waals surface area (Å²) in [6, 6.07) is 0. The number of nitrogens with zero attached hydrogens (tertiary/aromatic N) is 2. The first kappa shape index (κ1) is 13.9. The molecule has 1 amide bonds. The van der Waals surface area contributed by atoms with Gasteiger partial charge in [0.05, 0.1) is 5.69 Å². The fourth-order valence-corrected chi connectivity index (χ4v) is 3.44. The lowest BCUT2D eigenvalue weighted by atomic mass is 10.4. The second kappa shape index (κ2) is 4.54. The number of hydrogen-bond donors (Lipinski definition) is 2. The summed E-state index contributed by atoms with van der Waals surface area (Å²) in [5.74, 6) is -1.55. The summed E-state index contributed by atoms with van der Waals surface area (Å²) < 4.78 is 22.4. The first-order valence-electron chi connectivity index (χ1n) is 5.23. The molecule has 1 aromatic heterocycles. The lowest BCUT2D eigenvalue weighted by Crippen LogP contribution is -2.32. The molecule has 0 aromatic carbocycles. The van der Waals surface area contributed by atoms with Crippen molar-refractivity contribution in [3.63, 3.8) is 0 Å². The number of hydrogen-bond acceptors (Lipinski definition) is 6. The molecule has 1 saturated heterocycles. The fraction of sp³-hybridized carbons (Fsp3) is 0.444. The minimum Gasteiger partial charge on any atom is -0.477 e. The second-order valence-electron chi connectivity index (χ2n) is 4.14. The molecule has 2 rings (SSSR count). The van der Waals surface area contributed by atoms with E-state index in [1.807, 2.05) is 0 Å². The zero-order chi connectivity index (χ0) is 14.4. The molecule has 1 fully saturated rings. The quantitative estimate of drug-likeness (QED) is 0.777. The van der Waals surface area contributed by atoms with Crippen molar-refractivity contribution in [2.24, 2.45) is 5.14 Å². The predicted molar refractivity (Wildman–Crippen MR) is 67.7 cm³/mol. The van der Waals surface area contributed by atoms with Crippen LogP contribution in [-0.2, 0) is 14.8 Å². The summed E-state index contributed by atoms with van der Waals surface area (Å²) in [7, 11) is -3.80. The highest BCUT2D eigenvalue weighted by molar-refractivity contribution is 7.89. The predicted octanol–water partition coefficient (Wildman–Crippen LogP) is -0.456. The zero-order valence-corrected chi connectivity index (χ0v) is 11.5. The van der Waals surface area contributed by atoms with Gasteiger partial charge >= 0.3 is 5.97 Å². The van der Waals surface area contributed by atoms with E-state index in [9.17, 15) is 18.0 Å². The Balaban J connectivity index is 2.31. The van der Waals surface area contributed by atoms with Crippen LogP contribution in [0.1, 0.15) is 21.8 Å². The zero-order valence-electron chi connectivity index (χ0n) is 9.86. The summed E-state index contributed by atoms with van der Waals surface area (Å²) in [5, 5.41) is 13.1. The molecule has 0 radical (unpaired) electrons. The molecular formula is C9H11N3O5S2. The van der Waals surface area contributed by atoms with Crippen LogP contribution >= 0.6 is 11.3 Å². The van der Waals surface area contributed by atoms with Gasteiger partial charge in [0.15, 0.2) is 5.13 Å². The molecule has 10 heteroatoms. The Morgan fingerprint density at radius 3 is 2.63 bits per heavy atom. The number of aromatic carboxylic acids is 1. The third-order valence-electron chi connectivity index (χ3n) is 2.76. The topological polar surface area (TPSA) is 131 Å². The molecule has 2 heterocycles. The Hall–Kier alpha value is -1.52. The number of carbonyl (C=O) groups excluding carboxylic acids is 1. The maximum atomic E-state index is 11.7. The molecular weight excluding hydrogens is 294 g/mol. The van der Waals surface area contributed by atoms with Crippen LogP contribution in [0.25, 0.3) is 0 Å². The number of thiazole rings is 1. The number of carbonyl (C=O) groups is 2. The largest absolute Gasteiger partial charge is 0.477 e. The van der Waals surface area contributed by atoms with Crippen LogP contribution in [0.3, 0.4) is 0 Å². The molecule has 0 saturated carbocycles. The van der Waals surface area contributed by atoms with Gasteiger partial charge in [-0.2, -0.15) is 0 Å². The van der Waals surface area contributed by atoms with Crippen molar-refractivity contribution in [3.05, 3.63) is 10.6 Å². The van der Waals surface area contributed by atoms with Gasteiger partial charge in [0.2, 0.25) is 15.9 Å². The monoisotopic (exact) mass is 305 g/mol. The molecule has 0 bridgehead atoms. The average Bonchev–Trinajstić information content (AvgIpc) is 2.80. The first-order chi connectivity index (χ1) is 8.70. The molecule has 104 valence electrons. The average molecular weight is 305 g/mol. The van der Waals surface area contributed by atoms with E-state index in [1.165, 1.54) is 11.8 Å². The Morgan fingerprint density at radius 1 is 1.58 bits per heavy atom. The lowest BCUT2D eigenvalue weighted by molar-refractivity contribution is -0.117. The molecule has 1 aliphatic heterocycles. The molecule has 1 unspecified atom stereocenters. The van der Waals surface area contributed by atoms with Gasteiger partial charge in [-0.3, -0.25) is 9.69 Å². The number of amides is 1. The SMILES string of the molecule is Cc1nc(N2CC(S(N)(=O)=O)CC2=O)sc1C(=O)O. The number of sulfonamides is 1. The summed E-state index contributed by atoms with van der Waals surface area (Å²) in [6.07, 6.45) is -0.208. The van der Waals surface area contributed by atoms with E-state index in [0.717, 1.165) is 11.3 Å². The van der Waals surface area contributed by atoms with Crippen LogP contribution in [0, 0.1) is 6.92 Å². The van der Waals surface area contributed by atoms with Gasteiger partial charge in [-0.05, 0) is 6.92 Å². The second-order valence-corrected chi connectivity index (χ2v) is 6.96. The maximum Gasteiger partial charge on any atom is 0.347 e. The smallest absolute Gasteiger partial charge is 0.347 e. The van der Waals surface area contributed by atoms with Gasteiger partial charge in [0.1, 0.15) is 10.1 Å². The molecule has 8 nitrogen and oxygen atoms in total. The third kappa shape index (κ3) is 2.60. The highest BCUT2D eigenvalue weighted by Gasteiger charge is 2.38. The van der Waals surface area contributed by atoms with Crippen LogP contribution in [0.5, 0.6) is 0 Å². The number of anilines is 1. The van der Waals surface area contributed by atoms with Crippen LogP contribution in [-0.4, -0.2) is 42.2 Å². The van der Waals surface area contributed by atoms with Crippen LogP contribution < -0.4 is 10.0 Å². The molecule has 0 aliphatic carbocycles. The maximum absolute atomic E-state index is 11.7. The summed E-state index contributed by atoms with van der Waals surface area (Å²) in [6.45, 7) is 1.42. The van der Waals surface area contributed by atoms with E-state index < -0.39 is 27.1 Å². The highest BCUT2D eigenvalue weighted by Crippen LogP contribution is 2.30. The van der Waals surface area contributed by atoms with Gasteiger partial charge < -0.3 is 5.11 Å². The number of carboxylic acid groups (broad SMARTS) is 1. The van der Waals surface area contributed by atoms with Crippen molar-refractivity contribution in [3.8, 4) is 0 Å². The van der Waals surface area contributed by atoms with Gasteiger partial charge in [0, 0.05) is 13.0 Å². The number of nitrogens with two attached hydrogens (primary N) is 1. The minimum atomic E-state index is -3.80. The first-order valence-corrected chi connectivity index (χ1v) is 7.65. The van der Waals surface area contributed by atoms with Gasteiger partial charge in [-0.1, -0.05) is 11.3 Å². The lowest BCUT2D eigenvalue weighted by Gasteiger charge is -2.11. The number of rotatable bonds is 3. The van der Waals surface area contributed by atoms with Crippen molar-refractivity contribution < 1.29 is 23.1 Å². The van der Waals surface area contributed by atoms with Crippen molar-refractivity contribution in [1.82, 2.24) is 4.98 Å². The molecule has 3 N–H and O–H groups in total.